The van der Waals surface area contributed by atoms with Crippen molar-refractivity contribution in [1.29, 1.82) is 0 Å². The summed E-state index contributed by atoms with van der Waals surface area (Å²) in [7, 11) is 0. The molecule has 4 heteroatoms. The molecule has 0 atom stereocenters. The monoisotopic (exact) mass is 304 g/mol. The van der Waals surface area contributed by atoms with Crippen LogP contribution in [0.1, 0.15) is 22.5 Å². The van der Waals surface area contributed by atoms with Gasteiger partial charge in [0.05, 0.1) is 11.3 Å². The predicted molar refractivity (Wildman–Crippen MR) is 88.2 cm³/mol. The van der Waals surface area contributed by atoms with Crippen molar-refractivity contribution in [2.45, 2.75) is 19.3 Å². The van der Waals surface area contributed by atoms with Crippen LogP contribution in [0.5, 0.6) is 5.88 Å². The van der Waals surface area contributed by atoms with Crippen LogP contribution in [-0.2, 0) is 19.3 Å². The van der Waals surface area contributed by atoms with Crippen LogP contribution in [0.3, 0.4) is 0 Å². The molecule has 1 aliphatic heterocycles. The zero-order valence-electron chi connectivity index (χ0n) is 12.6. The van der Waals surface area contributed by atoms with Crippen molar-refractivity contribution in [3.8, 4) is 11.6 Å². The summed E-state index contributed by atoms with van der Waals surface area (Å²) in [6.07, 6.45) is 1.87. The Morgan fingerprint density at radius 3 is 2.57 bits per heavy atom. The molecule has 4 nitrogen and oxygen atoms in total. The zero-order chi connectivity index (χ0) is 15.8. The van der Waals surface area contributed by atoms with Gasteiger partial charge in [0.15, 0.2) is 0 Å². The lowest BCUT2D eigenvalue weighted by molar-refractivity contribution is 0.437. The molecule has 2 heterocycles. The van der Waals surface area contributed by atoms with Gasteiger partial charge in [-0.05, 0) is 23.6 Å². The largest absolute Gasteiger partial charge is 0.493 e. The molecule has 0 fully saturated rings. The Bertz CT molecular complexity index is 930. The number of aryl methyl sites for hydroxylation is 2. The summed E-state index contributed by atoms with van der Waals surface area (Å²) in [4.78, 5) is 17.3. The van der Waals surface area contributed by atoms with E-state index in [4.69, 9.17) is 0 Å². The fraction of sp³-hybridized carbons (Fsp3) is 0.158. The Hall–Kier alpha value is -2.88. The molecule has 0 amide bonds. The van der Waals surface area contributed by atoms with E-state index in [0.717, 1.165) is 23.2 Å². The lowest BCUT2D eigenvalue weighted by Gasteiger charge is -2.22. The maximum Gasteiger partial charge on any atom is 0.265 e. The van der Waals surface area contributed by atoms with Crippen LogP contribution < -0.4 is 5.56 Å². The van der Waals surface area contributed by atoms with Crippen LogP contribution in [-0.4, -0.2) is 14.7 Å². The highest BCUT2D eigenvalue weighted by atomic mass is 16.3. The summed E-state index contributed by atoms with van der Waals surface area (Å²) in [6.45, 7) is 0. The standard InChI is InChI=1S/C19H16N2O2/c22-18-15(12-13-6-2-1-3-7-13)19(23)21-16-9-5-4-8-14(16)10-11-17(21)20-18/h1-9,22H,10-12H2. The molecule has 0 bridgehead atoms. The van der Waals surface area contributed by atoms with Gasteiger partial charge in [-0.2, -0.15) is 4.98 Å². The van der Waals surface area contributed by atoms with E-state index < -0.39 is 0 Å². The van der Waals surface area contributed by atoms with Crippen LogP contribution in [0.2, 0.25) is 0 Å². The van der Waals surface area contributed by atoms with Crippen molar-refractivity contribution in [1.82, 2.24) is 9.55 Å². The number of aromatic nitrogens is 2. The molecule has 0 saturated carbocycles. The number of fused-ring (bicyclic) bond motifs is 3. The highest BCUT2D eigenvalue weighted by molar-refractivity contribution is 5.46. The Morgan fingerprint density at radius 1 is 1.00 bits per heavy atom. The third-order valence-corrected chi connectivity index (χ3v) is 4.30. The summed E-state index contributed by atoms with van der Waals surface area (Å²) in [5.74, 6) is 0.479. The predicted octanol–water partition coefficient (Wildman–Crippen LogP) is 2.63. The van der Waals surface area contributed by atoms with Crippen LogP contribution in [0.4, 0.5) is 0 Å². The van der Waals surface area contributed by atoms with E-state index in [0.29, 0.717) is 24.2 Å². The smallest absolute Gasteiger partial charge is 0.265 e. The summed E-state index contributed by atoms with van der Waals surface area (Å²) in [5.41, 5.74) is 3.16. The van der Waals surface area contributed by atoms with Crippen LogP contribution in [0.15, 0.2) is 59.4 Å². The zero-order valence-corrected chi connectivity index (χ0v) is 12.6. The van der Waals surface area contributed by atoms with Crippen molar-refractivity contribution in [3.63, 3.8) is 0 Å². The second kappa shape index (κ2) is 5.39. The number of nitrogens with zero attached hydrogens (tertiary/aromatic N) is 2. The first-order chi connectivity index (χ1) is 11.2. The Labute approximate surface area is 133 Å². The first-order valence-electron chi connectivity index (χ1n) is 7.70. The van der Waals surface area contributed by atoms with Crippen LogP contribution in [0.25, 0.3) is 5.69 Å². The van der Waals surface area contributed by atoms with Crippen molar-refractivity contribution < 1.29 is 5.11 Å². The molecular weight excluding hydrogens is 288 g/mol. The molecule has 0 unspecified atom stereocenters. The van der Waals surface area contributed by atoms with Gasteiger partial charge in [0.2, 0.25) is 5.88 Å². The number of para-hydroxylation sites is 1. The molecule has 114 valence electrons. The molecule has 0 spiro atoms. The number of hydrogen-bond acceptors (Lipinski definition) is 3. The van der Waals surface area contributed by atoms with Crippen LogP contribution in [0, 0.1) is 0 Å². The van der Waals surface area contributed by atoms with Gasteiger partial charge in [-0.3, -0.25) is 9.36 Å². The van der Waals surface area contributed by atoms with Crippen LogP contribution >= 0.6 is 0 Å². The molecule has 2 aromatic carbocycles. The van der Waals surface area contributed by atoms with Crippen molar-refractivity contribution in [2.24, 2.45) is 0 Å². The third kappa shape index (κ3) is 2.32. The number of aromatic hydroxyl groups is 1. The van der Waals surface area contributed by atoms with E-state index in [1.807, 2.05) is 54.6 Å². The fourth-order valence-electron chi connectivity index (χ4n) is 3.15. The van der Waals surface area contributed by atoms with Gasteiger partial charge in [0.25, 0.3) is 5.56 Å². The van der Waals surface area contributed by atoms with E-state index in [1.165, 1.54) is 0 Å². The average molecular weight is 304 g/mol. The van der Waals surface area contributed by atoms with Crippen molar-refractivity contribution >= 4 is 0 Å². The minimum Gasteiger partial charge on any atom is -0.493 e. The second-order valence-corrected chi connectivity index (χ2v) is 5.76. The summed E-state index contributed by atoms with van der Waals surface area (Å²) in [6, 6.07) is 17.5. The lowest BCUT2D eigenvalue weighted by Crippen LogP contribution is -2.30. The first kappa shape index (κ1) is 13.8. The number of benzene rings is 2. The summed E-state index contributed by atoms with van der Waals surface area (Å²) in [5, 5.41) is 10.2. The van der Waals surface area contributed by atoms with Gasteiger partial charge in [0.1, 0.15) is 5.82 Å². The molecule has 0 aliphatic carbocycles. The molecule has 0 saturated heterocycles. The van der Waals surface area contributed by atoms with E-state index in [1.54, 1.807) is 4.57 Å². The van der Waals surface area contributed by atoms with Gasteiger partial charge in [-0.1, -0.05) is 48.5 Å². The molecular formula is C19H16N2O2. The van der Waals surface area contributed by atoms with E-state index >= 15 is 0 Å². The average Bonchev–Trinajstić information content (AvgIpc) is 2.59. The number of hydrogen-bond donors (Lipinski definition) is 1. The van der Waals surface area contributed by atoms with Crippen molar-refractivity contribution in [2.75, 3.05) is 0 Å². The van der Waals surface area contributed by atoms with E-state index in [2.05, 4.69) is 4.98 Å². The van der Waals surface area contributed by atoms with E-state index in [9.17, 15) is 9.90 Å². The van der Waals surface area contributed by atoms with Gasteiger partial charge in [0, 0.05) is 12.8 Å². The van der Waals surface area contributed by atoms with E-state index in [-0.39, 0.29) is 11.4 Å². The Balaban J connectivity index is 1.89. The molecule has 1 aliphatic rings. The molecule has 1 aromatic heterocycles. The Morgan fingerprint density at radius 2 is 1.74 bits per heavy atom. The topological polar surface area (TPSA) is 55.1 Å². The second-order valence-electron chi connectivity index (χ2n) is 5.76. The lowest BCUT2D eigenvalue weighted by atomic mass is 10.0. The molecule has 3 aromatic rings. The maximum atomic E-state index is 13.0. The number of rotatable bonds is 2. The molecule has 23 heavy (non-hydrogen) atoms. The molecule has 0 radical (unpaired) electrons. The summed E-state index contributed by atoms with van der Waals surface area (Å²) >= 11 is 0. The van der Waals surface area contributed by atoms with Gasteiger partial charge < -0.3 is 5.11 Å². The van der Waals surface area contributed by atoms with Gasteiger partial charge in [-0.15, -0.1) is 0 Å². The van der Waals surface area contributed by atoms with Gasteiger partial charge in [-0.25, -0.2) is 0 Å². The highest BCUT2D eigenvalue weighted by Crippen LogP contribution is 2.24. The maximum absolute atomic E-state index is 13.0. The normalized spacial score (nSPS) is 12.5. The Kier molecular flexibility index (Phi) is 3.23. The van der Waals surface area contributed by atoms with Crippen molar-refractivity contribution in [3.05, 3.63) is 87.5 Å². The minimum absolute atomic E-state index is 0.149. The molecule has 4 rings (SSSR count). The minimum atomic E-state index is -0.177. The quantitative estimate of drug-likeness (QED) is 0.792. The third-order valence-electron chi connectivity index (χ3n) is 4.30. The highest BCUT2D eigenvalue weighted by Gasteiger charge is 2.22. The van der Waals surface area contributed by atoms with Gasteiger partial charge >= 0.3 is 0 Å². The fourth-order valence-corrected chi connectivity index (χ4v) is 3.15. The SMILES string of the molecule is O=c1c(Cc2ccccc2)c(O)nc2n1-c1ccccc1CC2. The summed E-state index contributed by atoms with van der Waals surface area (Å²) < 4.78 is 1.65. The molecule has 1 N–H and O–H groups in total. The first-order valence-corrected chi connectivity index (χ1v) is 7.70.